The minimum Gasteiger partial charge on any atom is -0.381 e. The van der Waals surface area contributed by atoms with Crippen molar-refractivity contribution >= 4 is 29.9 Å². The van der Waals surface area contributed by atoms with E-state index in [1.807, 2.05) is 31.4 Å². The van der Waals surface area contributed by atoms with E-state index in [1.165, 1.54) is 0 Å². The lowest BCUT2D eigenvalue weighted by Crippen LogP contribution is -2.41. The maximum atomic E-state index is 5.45. The zero-order valence-corrected chi connectivity index (χ0v) is 17.0. The molecule has 0 aromatic carbocycles. The Bertz CT molecular complexity index is 670. The van der Waals surface area contributed by atoms with Crippen LogP contribution in [0.1, 0.15) is 12.0 Å². The summed E-state index contributed by atoms with van der Waals surface area (Å²) in [4.78, 5) is 10.9. The number of nitrogens with zero attached hydrogens (tertiary/aromatic N) is 5. The van der Waals surface area contributed by atoms with Gasteiger partial charge in [-0.15, -0.1) is 24.0 Å². The second-order valence-corrected chi connectivity index (χ2v) is 5.98. The van der Waals surface area contributed by atoms with E-state index in [4.69, 9.17) is 4.74 Å². The summed E-state index contributed by atoms with van der Waals surface area (Å²) in [6.45, 7) is 3.36. The largest absolute Gasteiger partial charge is 0.381 e. The lowest BCUT2D eigenvalue weighted by Gasteiger charge is -2.24. The van der Waals surface area contributed by atoms with Crippen LogP contribution in [0.25, 0.3) is 5.82 Å². The molecule has 8 heteroatoms. The third-order valence-corrected chi connectivity index (χ3v) is 4.13. The topological polar surface area (TPSA) is 67.6 Å². The summed E-state index contributed by atoms with van der Waals surface area (Å²) in [7, 11) is 3.88. The summed E-state index contributed by atoms with van der Waals surface area (Å²) in [6.07, 6.45) is 6.56. The van der Waals surface area contributed by atoms with Gasteiger partial charge in [-0.2, -0.15) is 5.10 Å². The monoisotopic (exact) mass is 456 g/mol. The molecule has 3 rings (SSSR count). The Labute approximate surface area is 165 Å². The van der Waals surface area contributed by atoms with Crippen molar-refractivity contribution in [3.05, 3.63) is 42.4 Å². The summed E-state index contributed by atoms with van der Waals surface area (Å²) in [5, 5.41) is 7.62. The van der Waals surface area contributed by atoms with Gasteiger partial charge < -0.3 is 15.0 Å². The molecule has 1 aliphatic rings. The zero-order chi connectivity index (χ0) is 16.8. The number of aliphatic imine (C=N–C) groups is 1. The average Bonchev–Trinajstić information content (AvgIpc) is 3.29. The van der Waals surface area contributed by atoms with Gasteiger partial charge in [-0.3, -0.25) is 4.99 Å². The van der Waals surface area contributed by atoms with Crippen LogP contribution in [0.5, 0.6) is 0 Å². The second kappa shape index (κ2) is 9.71. The fraction of sp³-hybridized carbons (Fsp3) is 0.471. The van der Waals surface area contributed by atoms with Crippen molar-refractivity contribution in [2.45, 2.75) is 13.0 Å². The summed E-state index contributed by atoms with van der Waals surface area (Å²) in [5.74, 6) is 2.28. The molecule has 1 unspecified atom stereocenters. The molecule has 1 aliphatic heterocycles. The normalized spacial score (nSPS) is 17.2. The molecule has 136 valence electrons. The zero-order valence-electron chi connectivity index (χ0n) is 14.6. The minimum absolute atomic E-state index is 0. The molecule has 1 saturated heterocycles. The Morgan fingerprint density at radius 3 is 3.04 bits per heavy atom. The van der Waals surface area contributed by atoms with Gasteiger partial charge in [0, 0.05) is 58.3 Å². The Hall–Kier alpha value is -1.68. The highest BCUT2D eigenvalue weighted by Crippen LogP contribution is 2.13. The van der Waals surface area contributed by atoms with E-state index in [9.17, 15) is 0 Å². The molecule has 0 saturated carbocycles. The smallest absolute Gasteiger partial charge is 0.193 e. The number of hydrogen-bond acceptors (Lipinski definition) is 4. The molecule has 7 nitrogen and oxygen atoms in total. The Morgan fingerprint density at radius 1 is 1.48 bits per heavy atom. The molecule has 0 amide bonds. The molecule has 3 heterocycles. The van der Waals surface area contributed by atoms with Crippen LogP contribution >= 0.6 is 24.0 Å². The van der Waals surface area contributed by atoms with Crippen molar-refractivity contribution in [3.8, 4) is 5.82 Å². The highest BCUT2D eigenvalue weighted by molar-refractivity contribution is 14.0. The molecule has 1 N–H and O–H groups in total. The molecule has 0 bridgehead atoms. The second-order valence-electron chi connectivity index (χ2n) is 5.98. The molecule has 0 radical (unpaired) electrons. The Morgan fingerprint density at radius 2 is 2.36 bits per heavy atom. The molecule has 2 aromatic rings. The van der Waals surface area contributed by atoms with Gasteiger partial charge in [0.15, 0.2) is 11.8 Å². The molecule has 0 aliphatic carbocycles. The maximum absolute atomic E-state index is 5.45. The molecule has 0 spiro atoms. The van der Waals surface area contributed by atoms with E-state index in [2.05, 4.69) is 32.3 Å². The van der Waals surface area contributed by atoms with Crippen LogP contribution in [0.3, 0.4) is 0 Å². The number of guanidine groups is 1. The van der Waals surface area contributed by atoms with Crippen LogP contribution in [-0.4, -0.2) is 59.5 Å². The Balaban J connectivity index is 0.00000225. The number of rotatable bonds is 5. The number of nitrogens with one attached hydrogen (secondary N) is 1. The van der Waals surface area contributed by atoms with Crippen LogP contribution in [0, 0.1) is 5.92 Å². The molecule has 1 fully saturated rings. The molecule has 1 atom stereocenters. The highest BCUT2D eigenvalue weighted by Gasteiger charge is 2.19. The highest BCUT2D eigenvalue weighted by atomic mass is 127. The van der Waals surface area contributed by atoms with E-state index in [-0.39, 0.29) is 24.0 Å². The van der Waals surface area contributed by atoms with E-state index in [0.717, 1.165) is 43.5 Å². The van der Waals surface area contributed by atoms with Crippen LogP contribution < -0.4 is 5.32 Å². The van der Waals surface area contributed by atoms with Gasteiger partial charge in [0.2, 0.25) is 0 Å². The molecular weight excluding hydrogens is 431 g/mol. The number of ether oxygens (including phenoxy) is 1. The number of pyridine rings is 1. The van der Waals surface area contributed by atoms with Crippen molar-refractivity contribution in [2.75, 3.05) is 33.9 Å². The molecule has 2 aromatic heterocycles. The average molecular weight is 456 g/mol. The number of hydrogen-bond donors (Lipinski definition) is 1. The van der Waals surface area contributed by atoms with Gasteiger partial charge in [0.1, 0.15) is 0 Å². The van der Waals surface area contributed by atoms with Gasteiger partial charge in [-0.05, 0) is 30.2 Å². The minimum atomic E-state index is 0. The summed E-state index contributed by atoms with van der Waals surface area (Å²) in [6, 6.07) is 5.91. The first-order valence-corrected chi connectivity index (χ1v) is 8.20. The first-order valence-electron chi connectivity index (χ1n) is 8.20. The van der Waals surface area contributed by atoms with Crippen molar-refractivity contribution in [1.29, 1.82) is 0 Å². The predicted molar refractivity (Wildman–Crippen MR) is 109 cm³/mol. The van der Waals surface area contributed by atoms with Crippen molar-refractivity contribution in [1.82, 2.24) is 25.0 Å². The van der Waals surface area contributed by atoms with Crippen LogP contribution in [-0.2, 0) is 11.3 Å². The van der Waals surface area contributed by atoms with Gasteiger partial charge in [-0.25, -0.2) is 9.67 Å². The van der Waals surface area contributed by atoms with E-state index < -0.39 is 0 Å². The van der Waals surface area contributed by atoms with Crippen molar-refractivity contribution in [2.24, 2.45) is 10.9 Å². The predicted octanol–water partition coefficient (Wildman–Crippen LogP) is 1.93. The van der Waals surface area contributed by atoms with Crippen LogP contribution in [0.4, 0.5) is 0 Å². The van der Waals surface area contributed by atoms with E-state index in [0.29, 0.717) is 12.5 Å². The summed E-state index contributed by atoms with van der Waals surface area (Å²) >= 11 is 0. The third kappa shape index (κ3) is 5.40. The van der Waals surface area contributed by atoms with Crippen LogP contribution in [0.15, 0.2) is 41.8 Å². The van der Waals surface area contributed by atoms with Gasteiger partial charge in [0.05, 0.1) is 6.61 Å². The van der Waals surface area contributed by atoms with Crippen molar-refractivity contribution in [3.63, 3.8) is 0 Å². The first-order chi connectivity index (χ1) is 11.8. The fourth-order valence-electron chi connectivity index (χ4n) is 2.87. The number of halogens is 1. The van der Waals surface area contributed by atoms with Crippen LogP contribution in [0.2, 0.25) is 0 Å². The standard InChI is InChI=1S/C17H24N6O.HI/c1-18-17(22(2)12-15-5-9-24-13-15)20-11-14-4-7-19-16(10-14)23-8-3-6-21-23;/h3-4,6-8,10,15H,5,9,11-13H2,1-2H3,(H,18,20);1H. The SMILES string of the molecule is CN=C(NCc1ccnc(-n2cccn2)c1)N(C)CC1CCOC1.I. The summed E-state index contributed by atoms with van der Waals surface area (Å²) in [5.41, 5.74) is 1.13. The van der Waals surface area contributed by atoms with Gasteiger partial charge >= 0.3 is 0 Å². The number of aromatic nitrogens is 3. The van der Waals surface area contributed by atoms with Gasteiger partial charge in [0.25, 0.3) is 0 Å². The maximum Gasteiger partial charge on any atom is 0.193 e. The van der Waals surface area contributed by atoms with E-state index >= 15 is 0 Å². The molecular formula is C17H25IN6O. The fourth-order valence-corrected chi connectivity index (χ4v) is 2.87. The first kappa shape index (κ1) is 19.6. The van der Waals surface area contributed by atoms with Crippen molar-refractivity contribution < 1.29 is 4.74 Å². The quantitative estimate of drug-likeness (QED) is 0.423. The molecule has 25 heavy (non-hydrogen) atoms. The lowest BCUT2D eigenvalue weighted by molar-refractivity contribution is 0.181. The Kier molecular flexibility index (Phi) is 7.63. The van der Waals surface area contributed by atoms with Gasteiger partial charge in [-0.1, -0.05) is 0 Å². The summed E-state index contributed by atoms with van der Waals surface area (Å²) < 4.78 is 7.20. The lowest BCUT2D eigenvalue weighted by atomic mass is 10.1. The van der Waals surface area contributed by atoms with E-state index in [1.54, 1.807) is 17.1 Å². The third-order valence-electron chi connectivity index (χ3n) is 4.13.